The molecule has 10 heteroatoms. The molecule has 3 aromatic heterocycles. The van der Waals surface area contributed by atoms with Crippen LogP contribution in [-0.2, 0) is 17.1 Å². The van der Waals surface area contributed by atoms with Crippen molar-refractivity contribution in [3.63, 3.8) is 0 Å². The molecule has 3 heterocycles. The summed E-state index contributed by atoms with van der Waals surface area (Å²) >= 11 is 0. The van der Waals surface area contributed by atoms with E-state index in [1.54, 1.807) is 12.1 Å². The van der Waals surface area contributed by atoms with Crippen LogP contribution in [0.15, 0.2) is 81.1 Å². The Bertz CT molecular complexity index is 1610. The van der Waals surface area contributed by atoms with Crippen LogP contribution >= 0.6 is 0 Å². The first kappa shape index (κ1) is 19.9. The number of nitrogens with one attached hydrogen (secondary N) is 1. The number of fused-ring (bicyclic) bond motifs is 2. The molecule has 32 heavy (non-hydrogen) atoms. The number of benzene rings is 2. The lowest BCUT2D eigenvalue weighted by Gasteiger charge is -2.13. The zero-order valence-corrected chi connectivity index (χ0v) is 18.0. The van der Waals surface area contributed by atoms with Crippen LogP contribution in [-0.4, -0.2) is 29.5 Å². The number of aromatic nitrogens is 3. The number of anilines is 1. The molecule has 0 spiro atoms. The van der Waals surface area contributed by atoms with Crippen molar-refractivity contribution in [3.05, 3.63) is 77.5 Å². The number of aryl methyl sites for hydroxylation is 1. The van der Waals surface area contributed by atoms with Gasteiger partial charge in [-0.25, -0.2) is 18.2 Å². The first-order valence-corrected chi connectivity index (χ1v) is 11.1. The largest absolute Gasteiger partial charge is 0.495 e. The van der Waals surface area contributed by atoms with E-state index in [0.717, 1.165) is 11.2 Å². The highest BCUT2D eigenvalue weighted by Crippen LogP contribution is 2.32. The van der Waals surface area contributed by atoms with Crippen LogP contribution in [0.2, 0.25) is 0 Å². The van der Waals surface area contributed by atoms with Gasteiger partial charge in [-0.1, -0.05) is 6.07 Å². The maximum atomic E-state index is 13.1. The summed E-state index contributed by atoms with van der Waals surface area (Å²) in [6, 6.07) is 15.1. The van der Waals surface area contributed by atoms with Crippen molar-refractivity contribution in [3.8, 4) is 17.0 Å². The number of ether oxygens (including phenoxy) is 1. The monoisotopic (exact) mass is 450 g/mol. The molecule has 5 rings (SSSR count). The van der Waals surface area contributed by atoms with Crippen molar-refractivity contribution >= 4 is 32.5 Å². The highest BCUT2D eigenvalue weighted by Gasteiger charge is 2.20. The second-order valence-corrected chi connectivity index (χ2v) is 8.85. The van der Waals surface area contributed by atoms with Crippen LogP contribution in [0.5, 0.6) is 5.75 Å². The van der Waals surface area contributed by atoms with Gasteiger partial charge in [0, 0.05) is 25.0 Å². The molecule has 0 unspecified atom stereocenters. The summed E-state index contributed by atoms with van der Waals surface area (Å²) < 4.78 is 42.4. The third-order valence-electron chi connectivity index (χ3n) is 5.18. The lowest BCUT2D eigenvalue weighted by Crippen LogP contribution is -2.14. The summed E-state index contributed by atoms with van der Waals surface area (Å²) in [6.45, 7) is 0. The maximum Gasteiger partial charge on any atom is 0.419 e. The molecule has 1 N–H and O–H groups in total. The lowest BCUT2D eigenvalue weighted by atomic mass is 10.1. The molecule has 0 amide bonds. The van der Waals surface area contributed by atoms with Crippen molar-refractivity contribution in [1.82, 2.24) is 14.0 Å². The van der Waals surface area contributed by atoms with Crippen molar-refractivity contribution in [2.45, 2.75) is 4.90 Å². The Kier molecular flexibility index (Phi) is 4.52. The van der Waals surface area contributed by atoms with Gasteiger partial charge in [0.05, 0.1) is 28.9 Å². The fourth-order valence-electron chi connectivity index (χ4n) is 3.50. The van der Waals surface area contributed by atoms with Crippen LogP contribution in [0.4, 0.5) is 5.69 Å². The molecule has 0 atom stereocenters. The molecule has 0 fully saturated rings. The van der Waals surface area contributed by atoms with Gasteiger partial charge in [-0.3, -0.25) is 9.29 Å². The fourth-order valence-corrected chi connectivity index (χ4v) is 4.58. The van der Waals surface area contributed by atoms with Crippen LogP contribution in [0, 0.1) is 0 Å². The van der Waals surface area contributed by atoms with Crippen molar-refractivity contribution in [2.75, 3.05) is 11.8 Å². The van der Waals surface area contributed by atoms with E-state index in [9.17, 15) is 13.2 Å². The van der Waals surface area contributed by atoms with E-state index in [4.69, 9.17) is 9.15 Å². The molecule has 0 radical (unpaired) electrons. The number of oxazole rings is 1. The Balaban J connectivity index is 1.55. The molecule has 0 aliphatic heterocycles. The minimum Gasteiger partial charge on any atom is -0.495 e. The number of methoxy groups -OCH3 is 1. The Morgan fingerprint density at radius 3 is 2.72 bits per heavy atom. The molecule has 0 aliphatic rings. The lowest BCUT2D eigenvalue weighted by molar-refractivity contribution is 0.417. The van der Waals surface area contributed by atoms with E-state index in [1.807, 2.05) is 41.1 Å². The SMILES string of the molecule is COc1ccc(-c2cn3ccccc3n2)cc1NS(=O)(=O)c1ccc2oc(=O)n(C)c2c1. The molecule has 9 nitrogen and oxygen atoms in total. The Hall–Kier alpha value is -4.05. The number of hydrogen-bond acceptors (Lipinski definition) is 6. The Labute approximate surface area is 182 Å². The first-order chi connectivity index (χ1) is 15.4. The van der Waals surface area contributed by atoms with E-state index in [2.05, 4.69) is 9.71 Å². The van der Waals surface area contributed by atoms with Gasteiger partial charge in [0.15, 0.2) is 5.58 Å². The molecule has 5 aromatic rings. The van der Waals surface area contributed by atoms with Crippen LogP contribution < -0.4 is 15.2 Å². The van der Waals surface area contributed by atoms with E-state index >= 15 is 0 Å². The van der Waals surface area contributed by atoms with Crippen molar-refractivity contribution < 1.29 is 17.6 Å². The zero-order chi connectivity index (χ0) is 22.5. The first-order valence-electron chi connectivity index (χ1n) is 9.60. The summed E-state index contributed by atoms with van der Waals surface area (Å²) in [4.78, 5) is 16.3. The maximum absolute atomic E-state index is 13.1. The van der Waals surface area contributed by atoms with Gasteiger partial charge in [-0.15, -0.1) is 0 Å². The quantitative estimate of drug-likeness (QED) is 0.440. The summed E-state index contributed by atoms with van der Waals surface area (Å²) in [7, 11) is -1.00. The highest BCUT2D eigenvalue weighted by molar-refractivity contribution is 7.92. The average Bonchev–Trinajstić information content (AvgIpc) is 3.34. The van der Waals surface area contributed by atoms with Gasteiger partial charge in [0.25, 0.3) is 10.0 Å². The van der Waals surface area contributed by atoms with E-state index in [1.165, 1.54) is 36.9 Å². The topological polar surface area (TPSA) is 108 Å². The molecule has 0 aliphatic carbocycles. The minimum absolute atomic E-state index is 0.0124. The molecule has 162 valence electrons. The van der Waals surface area contributed by atoms with Gasteiger partial charge >= 0.3 is 5.76 Å². The predicted molar refractivity (Wildman–Crippen MR) is 119 cm³/mol. The summed E-state index contributed by atoms with van der Waals surface area (Å²) in [5.74, 6) is -0.206. The molecular formula is C22H18N4O5S. The molecule has 0 saturated carbocycles. The molecule has 2 aromatic carbocycles. The normalized spacial score (nSPS) is 11.8. The number of hydrogen-bond donors (Lipinski definition) is 1. The summed E-state index contributed by atoms with van der Waals surface area (Å²) in [6.07, 6.45) is 3.75. The second kappa shape index (κ2) is 7.27. The number of nitrogens with zero attached hydrogens (tertiary/aromatic N) is 3. The fraction of sp³-hybridized carbons (Fsp3) is 0.0909. The van der Waals surface area contributed by atoms with Crippen molar-refractivity contribution in [2.24, 2.45) is 7.05 Å². The van der Waals surface area contributed by atoms with Crippen molar-refractivity contribution in [1.29, 1.82) is 0 Å². The average molecular weight is 450 g/mol. The summed E-state index contributed by atoms with van der Waals surface area (Å²) in [5.41, 5.74) is 3.14. The number of pyridine rings is 1. The van der Waals surface area contributed by atoms with Gasteiger partial charge < -0.3 is 13.6 Å². The number of sulfonamides is 1. The van der Waals surface area contributed by atoms with Gasteiger partial charge in [-0.05, 0) is 48.5 Å². The number of imidazole rings is 1. The molecule has 0 saturated heterocycles. The standard InChI is InChI=1S/C22H18N4O5S/c1-25-18-12-15(7-9-20(18)31-22(25)27)32(28,29)24-16-11-14(6-8-19(16)30-2)17-13-26-10-4-3-5-21(26)23-17/h3-13,24H,1-2H3. The Morgan fingerprint density at radius 2 is 1.94 bits per heavy atom. The van der Waals surface area contributed by atoms with Gasteiger partial charge in [0.1, 0.15) is 11.4 Å². The third-order valence-corrected chi connectivity index (χ3v) is 6.54. The van der Waals surface area contributed by atoms with Crippen LogP contribution in [0.25, 0.3) is 28.0 Å². The smallest absolute Gasteiger partial charge is 0.419 e. The zero-order valence-electron chi connectivity index (χ0n) is 17.1. The minimum atomic E-state index is -3.98. The third kappa shape index (κ3) is 3.30. The second-order valence-electron chi connectivity index (χ2n) is 7.17. The summed E-state index contributed by atoms with van der Waals surface area (Å²) in [5, 5.41) is 0. The highest BCUT2D eigenvalue weighted by atomic mass is 32.2. The van der Waals surface area contributed by atoms with Crippen LogP contribution in [0.1, 0.15) is 0 Å². The molecule has 0 bridgehead atoms. The van der Waals surface area contributed by atoms with E-state index in [-0.39, 0.29) is 10.6 Å². The predicted octanol–water partition coefficient (Wildman–Crippen LogP) is 3.26. The van der Waals surface area contributed by atoms with E-state index < -0.39 is 15.8 Å². The molecular weight excluding hydrogens is 432 g/mol. The van der Waals surface area contributed by atoms with Gasteiger partial charge in [0.2, 0.25) is 0 Å². The Morgan fingerprint density at radius 1 is 1.09 bits per heavy atom. The van der Waals surface area contributed by atoms with Crippen LogP contribution in [0.3, 0.4) is 0 Å². The van der Waals surface area contributed by atoms with E-state index in [0.29, 0.717) is 22.5 Å². The number of rotatable bonds is 5. The van der Waals surface area contributed by atoms with Gasteiger partial charge in [-0.2, -0.15) is 0 Å².